The Morgan fingerprint density at radius 2 is 2.00 bits per heavy atom. The van der Waals surface area contributed by atoms with Gasteiger partial charge in [0.15, 0.2) is 0 Å². The van der Waals surface area contributed by atoms with Gasteiger partial charge in [0.25, 0.3) is 0 Å². The van der Waals surface area contributed by atoms with Gasteiger partial charge in [0.2, 0.25) is 0 Å². The van der Waals surface area contributed by atoms with Crippen molar-refractivity contribution in [3.8, 4) is 5.75 Å². The van der Waals surface area contributed by atoms with Crippen LogP contribution in [0.5, 0.6) is 5.75 Å². The van der Waals surface area contributed by atoms with E-state index in [1.165, 1.54) is 12.0 Å². The van der Waals surface area contributed by atoms with Crippen LogP contribution in [-0.4, -0.2) is 13.2 Å². The molecule has 0 aliphatic carbocycles. The van der Waals surface area contributed by atoms with Crippen molar-refractivity contribution in [2.24, 2.45) is 17.2 Å². The SMILES string of the molecule is COc1cccc(CC(CC(C)CC(C)(C)C)NN)c1. The van der Waals surface area contributed by atoms with Crippen LogP contribution in [0.25, 0.3) is 0 Å². The van der Waals surface area contributed by atoms with E-state index in [9.17, 15) is 0 Å². The molecule has 0 spiro atoms. The van der Waals surface area contributed by atoms with E-state index >= 15 is 0 Å². The Labute approximate surface area is 123 Å². The molecule has 2 atom stereocenters. The Morgan fingerprint density at radius 1 is 1.30 bits per heavy atom. The van der Waals surface area contributed by atoms with Gasteiger partial charge in [0.1, 0.15) is 5.75 Å². The normalized spacial score (nSPS) is 14.9. The van der Waals surface area contributed by atoms with E-state index < -0.39 is 0 Å². The minimum atomic E-state index is 0.305. The number of hydrogen-bond donors (Lipinski definition) is 2. The van der Waals surface area contributed by atoms with Crippen molar-refractivity contribution in [3.63, 3.8) is 0 Å². The Morgan fingerprint density at radius 3 is 2.55 bits per heavy atom. The van der Waals surface area contributed by atoms with Crippen molar-refractivity contribution < 1.29 is 4.74 Å². The molecule has 0 bridgehead atoms. The van der Waals surface area contributed by atoms with Crippen LogP contribution in [0.3, 0.4) is 0 Å². The monoisotopic (exact) mass is 278 g/mol. The Balaban J connectivity index is 2.58. The van der Waals surface area contributed by atoms with Gasteiger partial charge < -0.3 is 4.74 Å². The average Bonchev–Trinajstić information content (AvgIpc) is 2.36. The van der Waals surface area contributed by atoms with Gasteiger partial charge in [0, 0.05) is 6.04 Å². The molecule has 114 valence electrons. The number of hydrazine groups is 1. The number of methoxy groups -OCH3 is 1. The minimum absolute atomic E-state index is 0.305. The maximum Gasteiger partial charge on any atom is 0.119 e. The van der Waals surface area contributed by atoms with Crippen molar-refractivity contribution >= 4 is 0 Å². The standard InChI is InChI=1S/C17H30N2O/c1-13(12-17(2,3)4)9-15(19-18)10-14-7-6-8-16(11-14)20-5/h6-8,11,13,15,19H,9-10,12,18H2,1-5H3. The fourth-order valence-corrected chi connectivity index (χ4v) is 2.91. The summed E-state index contributed by atoms with van der Waals surface area (Å²) < 4.78 is 5.27. The van der Waals surface area contributed by atoms with Crippen molar-refractivity contribution in [1.29, 1.82) is 0 Å². The molecule has 0 radical (unpaired) electrons. The van der Waals surface area contributed by atoms with Gasteiger partial charge in [-0.2, -0.15) is 0 Å². The lowest BCUT2D eigenvalue weighted by Gasteiger charge is -2.26. The number of rotatable bonds is 7. The third-order valence-corrected chi connectivity index (χ3v) is 3.50. The second-order valence-corrected chi connectivity index (χ2v) is 7.02. The van der Waals surface area contributed by atoms with E-state index in [0.717, 1.165) is 18.6 Å². The molecule has 3 heteroatoms. The van der Waals surface area contributed by atoms with Crippen molar-refractivity contribution in [2.45, 2.75) is 53.0 Å². The van der Waals surface area contributed by atoms with Crippen LogP contribution in [0, 0.1) is 11.3 Å². The van der Waals surface area contributed by atoms with Crippen LogP contribution in [0.2, 0.25) is 0 Å². The first-order chi connectivity index (χ1) is 9.34. The topological polar surface area (TPSA) is 47.3 Å². The average molecular weight is 278 g/mol. The van der Waals surface area contributed by atoms with Gasteiger partial charge in [-0.05, 0) is 48.3 Å². The summed E-state index contributed by atoms with van der Waals surface area (Å²) in [7, 11) is 1.70. The first-order valence-electron chi connectivity index (χ1n) is 7.43. The molecule has 0 aromatic heterocycles. The summed E-state index contributed by atoms with van der Waals surface area (Å²) in [5.74, 6) is 7.28. The highest BCUT2D eigenvalue weighted by molar-refractivity contribution is 5.28. The molecule has 1 aromatic carbocycles. The highest BCUT2D eigenvalue weighted by Crippen LogP contribution is 2.27. The van der Waals surface area contributed by atoms with Crippen LogP contribution in [0.1, 0.15) is 46.1 Å². The van der Waals surface area contributed by atoms with Crippen LogP contribution in [0.4, 0.5) is 0 Å². The summed E-state index contributed by atoms with van der Waals surface area (Å²) in [4.78, 5) is 0. The molecule has 0 saturated heterocycles. The lowest BCUT2D eigenvalue weighted by atomic mass is 9.82. The van der Waals surface area contributed by atoms with E-state index in [1.54, 1.807) is 7.11 Å². The van der Waals surface area contributed by atoms with Gasteiger partial charge in [-0.25, -0.2) is 0 Å². The number of hydrogen-bond acceptors (Lipinski definition) is 3. The molecule has 20 heavy (non-hydrogen) atoms. The quantitative estimate of drug-likeness (QED) is 0.592. The van der Waals surface area contributed by atoms with Gasteiger partial charge in [-0.1, -0.05) is 39.8 Å². The number of benzene rings is 1. The van der Waals surface area contributed by atoms with E-state index in [2.05, 4.69) is 45.3 Å². The summed E-state index contributed by atoms with van der Waals surface area (Å²) in [5.41, 5.74) is 4.59. The zero-order chi connectivity index (χ0) is 15.2. The largest absolute Gasteiger partial charge is 0.497 e. The first kappa shape index (κ1) is 17.0. The maximum absolute atomic E-state index is 5.72. The highest BCUT2D eigenvalue weighted by atomic mass is 16.5. The zero-order valence-corrected chi connectivity index (χ0v) is 13.6. The summed E-state index contributed by atoms with van der Waals surface area (Å²) in [6.45, 7) is 9.17. The van der Waals surface area contributed by atoms with E-state index in [4.69, 9.17) is 10.6 Å². The van der Waals surface area contributed by atoms with Crippen molar-refractivity contribution in [1.82, 2.24) is 5.43 Å². The lowest BCUT2D eigenvalue weighted by molar-refractivity contribution is 0.274. The smallest absolute Gasteiger partial charge is 0.119 e. The summed E-state index contributed by atoms with van der Waals surface area (Å²) in [6, 6.07) is 8.51. The zero-order valence-electron chi connectivity index (χ0n) is 13.6. The van der Waals surface area contributed by atoms with E-state index in [-0.39, 0.29) is 0 Å². The Hall–Kier alpha value is -1.06. The van der Waals surface area contributed by atoms with Gasteiger partial charge in [-0.15, -0.1) is 0 Å². The first-order valence-corrected chi connectivity index (χ1v) is 7.43. The second-order valence-electron chi connectivity index (χ2n) is 7.02. The predicted octanol–water partition coefficient (Wildman–Crippen LogP) is 3.53. The number of nitrogens with one attached hydrogen (secondary N) is 1. The Bertz CT molecular complexity index is 398. The van der Waals surface area contributed by atoms with E-state index in [0.29, 0.717) is 17.4 Å². The summed E-state index contributed by atoms with van der Waals surface area (Å²) >= 11 is 0. The molecule has 3 nitrogen and oxygen atoms in total. The molecule has 0 aliphatic rings. The molecular weight excluding hydrogens is 248 g/mol. The van der Waals surface area contributed by atoms with Crippen LogP contribution in [0.15, 0.2) is 24.3 Å². The summed E-state index contributed by atoms with van der Waals surface area (Å²) in [6.07, 6.45) is 3.23. The molecule has 0 aliphatic heterocycles. The molecule has 2 unspecified atom stereocenters. The van der Waals surface area contributed by atoms with Crippen LogP contribution in [-0.2, 0) is 6.42 Å². The molecule has 1 rings (SSSR count). The fourth-order valence-electron chi connectivity index (χ4n) is 2.91. The van der Waals surface area contributed by atoms with Gasteiger partial charge >= 0.3 is 0 Å². The van der Waals surface area contributed by atoms with Crippen molar-refractivity contribution in [3.05, 3.63) is 29.8 Å². The molecule has 1 aromatic rings. The minimum Gasteiger partial charge on any atom is -0.497 e. The second kappa shape index (κ2) is 7.65. The molecule has 0 fully saturated rings. The van der Waals surface area contributed by atoms with Crippen LogP contribution < -0.4 is 16.0 Å². The molecule has 0 amide bonds. The molecular formula is C17H30N2O. The fraction of sp³-hybridized carbons (Fsp3) is 0.647. The third-order valence-electron chi connectivity index (χ3n) is 3.50. The Kier molecular flexibility index (Phi) is 6.50. The van der Waals surface area contributed by atoms with Crippen LogP contribution >= 0.6 is 0 Å². The predicted molar refractivity (Wildman–Crippen MR) is 85.7 cm³/mol. The molecule has 0 saturated carbocycles. The number of nitrogens with two attached hydrogens (primary N) is 1. The maximum atomic E-state index is 5.72. The summed E-state index contributed by atoms with van der Waals surface area (Å²) in [5, 5.41) is 0. The number of ether oxygens (including phenoxy) is 1. The van der Waals surface area contributed by atoms with Crippen molar-refractivity contribution in [2.75, 3.05) is 7.11 Å². The molecule has 0 heterocycles. The molecule has 3 N–H and O–H groups in total. The van der Waals surface area contributed by atoms with Gasteiger partial charge in [-0.3, -0.25) is 11.3 Å². The third kappa shape index (κ3) is 6.40. The van der Waals surface area contributed by atoms with E-state index in [1.807, 2.05) is 12.1 Å². The van der Waals surface area contributed by atoms with Gasteiger partial charge in [0.05, 0.1) is 7.11 Å². The highest BCUT2D eigenvalue weighted by Gasteiger charge is 2.19. The lowest BCUT2D eigenvalue weighted by Crippen LogP contribution is -2.38.